The SMILES string of the molecule is CCCCCCCCCCCCCCCCOc1cc(C(=O)CCCCCNc2cc(C(=O)O)cc(C(=O)O)c2)c(O)c2ccccc12. The Morgan fingerprint density at radius 1 is 0.646 bits per heavy atom. The molecular formula is C40H55NO7. The normalized spacial score (nSPS) is 11.1. The van der Waals surface area contributed by atoms with Crippen molar-refractivity contribution in [2.75, 3.05) is 18.5 Å². The molecule has 0 aliphatic heterocycles. The van der Waals surface area contributed by atoms with Crippen LogP contribution in [-0.2, 0) is 0 Å². The molecule has 0 radical (unpaired) electrons. The van der Waals surface area contributed by atoms with Crippen molar-refractivity contribution in [3.63, 3.8) is 0 Å². The zero-order valence-electron chi connectivity index (χ0n) is 28.7. The number of benzene rings is 3. The molecule has 0 atom stereocenters. The molecule has 48 heavy (non-hydrogen) atoms. The Hall–Kier alpha value is -4.07. The molecular weight excluding hydrogens is 606 g/mol. The lowest BCUT2D eigenvalue weighted by atomic mass is 9.98. The van der Waals surface area contributed by atoms with Crippen LogP contribution in [0.1, 0.15) is 154 Å². The van der Waals surface area contributed by atoms with Crippen LogP contribution in [0.2, 0.25) is 0 Å². The van der Waals surface area contributed by atoms with Crippen molar-refractivity contribution in [1.29, 1.82) is 0 Å². The van der Waals surface area contributed by atoms with E-state index in [9.17, 15) is 29.7 Å². The number of nitrogens with one attached hydrogen (secondary N) is 1. The number of fused-ring (bicyclic) bond motifs is 1. The van der Waals surface area contributed by atoms with Crippen LogP contribution in [0, 0.1) is 0 Å². The highest BCUT2D eigenvalue weighted by Gasteiger charge is 2.18. The highest BCUT2D eigenvalue weighted by atomic mass is 16.5. The van der Waals surface area contributed by atoms with Gasteiger partial charge in [-0.05, 0) is 43.5 Å². The topological polar surface area (TPSA) is 133 Å². The molecule has 262 valence electrons. The maximum atomic E-state index is 13.2. The first-order valence-electron chi connectivity index (χ1n) is 18.1. The van der Waals surface area contributed by atoms with Crippen LogP contribution in [0.3, 0.4) is 0 Å². The predicted molar refractivity (Wildman–Crippen MR) is 193 cm³/mol. The standard InChI is InChI=1S/C40H55NO7/c1-2-3-4-5-6-7-8-9-10-11-12-13-14-20-25-48-37-29-35(38(43)34-22-18-17-21-33(34)37)36(42)23-16-15-19-24-41-32-27-30(39(44)45)26-31(28-32)40(46)47/h17-18,21-22,26-29,41,43H,2-16,19-20,23-25H2,1H3,(H,44,45)(H,46,47). The first kappa shape index (κ1) is 38.4. The highest BCUT2D eigenvalue weighted by Crippen LogP contribution is 2.37. The van der Waals surface area contributed by atoms with E-state index in [-0.39, 0.29) is 34.6 Å². The van der Waals surface area contributed by atoms with Crippen molar-refractivity contribution < 1.29 is 34.4 Å². The van der Waals surface area contributed by atoms with Crippen molar-refractivity contribution >= 4 is 34.2 Å². The Labute approximate surface area is 285 Å². The lowest BCUT2D eigenvalue weighted by Crippen LogP contribution is -2.07. The van der Waals surface area contributed by atoms with E-state index >= 15 is 0 Å². The van der Waals surface area contributed by atoms with Gasteiger partial charge in [0.15, 0.2) is 5.78 Å². The predicted octanol–water partition coefficient (Wildman–Crippen LogP) is 10.7. The van der Waals surface area contributed by atoms with Gasteiger partial charge in [-0.3, -0.25) is 4.79 Å². The third-order valence-electron chi connectivity index (χ3n) is 8.87. The molecule has 3 aromatic rings. The molecule has 8 heteroatoms. The van der Waals surface area contributed by atoms with E-state index in [2.05, 4.69) is 12.2 Å². The van der Waals surface area contributed by atoms with Crippen molar-refractivity contribution in [3.8, 4) is 11.5 Å². The minimum atomic E-state index is -1.19. The van der Waals surface area contributed by atoms with E-state index in [0.29, 0.717) is 42.8 Å². The number of aromatic carboxylic acids is 2. The van der Waals surface area contributed by atoms with Gasteiger partial charge in [0.25, 0.3) is 0 Å². The summed E-state index contributed by atoms with van der Waals surface area (Å²) in [6.07, 6.45) is 20.4. The largest absolute Gasteiger partial charge is 0.507 e. The monoisotopic (exact) mass is 661 g/mol. The van der Waals surface area contributed by atoms with Crippen LogP contribution in [0.15, 0.2) is 48.5 Å². The average molecular weight is 662 g/mol. The van der Waals surface area contributed by atoms with Crippen LogP contribution in [0.4, 0.5) is 5.69 Å². The van der Waals surface area contributed by atoms with Gasteiger partial charge < -0.3 is 25.4 Å². The van der Waals surface area contributed by atoms with Crippen LogP contribution >= 0.6 is 0 Å². The van der Waals surface area contributed by atoms with E-state index in [1.54, 1.807) is 6.07 Å². The van der Waals surface area contributed by atoms with Crippen LogP contribution in [-0.4, -0.2) is 46.2 Å². The van der Waals surface area contributed by atoms with Crippen LogP contribution < -0.4 is 10.1 Å². The molecule has 0 aliphatic carbocycles. The first-order chi connectivity index (χ1) is 23.3. The van der Waals surface area contributed by atoms with Gasteiger partial charge in [0.1, 0.15) is 11.5 Å². The van der Waals surface area contributed by atoms with Crippen molar-refractivity contribution in [3.05, 3.63) is 65.2 Å². The number of anilines is 1. The van der Waals surface area contributed by atoms with Gasteiger partial charge in [-0.2, -0.15) is 0 Å². The molecule has 0 fully saturated rings. The van der Waals surface area contributed by atoms with E-state index in [1.165, 1.54) is 89.2 Å². The molecule has 0 spiro atoms. The fourth-order valence-corrected chi connectivity index (χ4v) is 6.07. The Kier molecular flexibility index (Phi) is 17.4. The fraction of sp³-hybridized carbons (Fsp3) is 0.525. The molecule has 0 heterocycles. The number of carboxylic acids is 2. The summed E-state index contributed by atoms with van der Waals surface area (Å²) in [6.45, 7) is 3.32. The number of unbranched alkanes of at least 4 members (excludes halogenated alkanes) is 15. The van der Waals surface area contributed by atoms with Crippen LogP contribution in [0.25, 0.3) is 10.8 Å². The Balaban J connectivity index is 1.38. The number of phenols is 1. The third-order valence-corrected chi connectivity index (χ3v) is 8.87. The summed E-state index contributed by atoms with van der Waals surface area (Å²) >= 11 is 0. The number of ketones is 1. The first-order valence-corrected chi connectivity index (χ1v) is 18.1. The lowest BCUT2D eigenvalue weighted by Gasteiger charge is -2.14. The zero-order chi connectivity index (χ0) is 34.6. The summed E-state index contributed by atoms with van der Waals surface area (Å²) in [4.78, 5) is 35.8. The van der Waals surface area contributed by atoms with Gasteiger partial charge in [0, 0.05) is 29.4 Å². The summed E-state index contributed by atoms with van der Waals surface area (Å²) in [5.74, 6) is -1.93. The van der Waals surface area contributed by atoms with E-state index < -0.39 is 11.9 Å². The van der Waals surface area contributed by atoms with Gasteiger partial charge >= 0.3 is 11.9 Å². The number of aromatic hydroxyl groups is 1. The average Bonchev–Trinajstić information content (AvgIpc) is 3.08. The molecule has 8 nitrogen and oxygen atoms in total. The molecule has 0 bridgehead atoms. The second-order valence-corrected chi connectivity index (χ2v) is 12.8. The Bertz CT molecular complexity index is 1420. The number of rotatable bonds is 26. The minimum Gasteiger partial charge on any atom is -0.507 e. The number of hydrogen-bond donors (Lipinski definition) is 4. The van der Waals surface area contributed by atoms with Gasteiger partial charge in [-0.25, -0.2) is 9.59 Å². The smallest absolute Gasteiger partial charge is 0.335 e. The van der Waals surface area contributed by atoms with Gasteiger partial charge in [-0.1, -0.05) is 121 Å². The second-order valence-electron chi connectivity index (χ2n) is 12.8. The molecule has 3 aromatic carbocycles. The van der Waals surface area contributed by atoms with Crippen molar-refractivity contribution in [2.45, 2.75) is 122 Å². The Morgan fingerprint density at radius 2 is 1.17 bits per heavy atom. The molecule has 0 saturated heterocycles. The summed E-state index contributed by atoms with van der Waals surface area (Å²) in [6, 6.07) is 13.1. The number of Topliss-reactive ketones (excluding diaryl/α,β-unsaturated/α-hetero) is 1. The fourth-order valence-electron chi connectivity index (χ4n) is 6.07. The van der Waals surface area contributed by atoms with Gasteiger partial charge in [0.2, 0.25) is 0 Å². The molecule has 0 aromatic heterocycles. The molecule has 3 rings (SSSR count). The molecule has 0 saturated carbocycles. The summed E-state index contributed by atoms with van der Waals surface area (Å²) in [5.41, 5.74) is 0.503. The molecule has 4 N–H and O–H groups in total. The van der Waals surface area contributed by atoms with Crippen molar-refractivity contribution in [2.24, 2.45) is 0 Å². The van der Waals surface area contributed by atoms with Crippen LogP contribution in [0.5, 0.6) is 11.5 Å². The summed E-state index contributed by atoms with van der Waals surface area (Å²) < 4.78 is 6.17. The number of carboxylic acid groups (broad SMARTS) is 2. The number of carbonyl (C=O) groups is 3. The lowest BCUT2D eigenvalue weighted by molar-refractivity contribution is 0.0696. The highest BCUT2D eigenvalue weighted by molar-refractivity contribution is 6.06. The summed E-state index contributed by atoms with van der Waals surface area (Å²) in [7, 11) is 0. The zero-order valence-corrected chi connectivity index (χ0v) is 28.7. The van der Waals surface area contributed by atoms with Gasteiger partial charge in [0.05, 0.1) is 23.3 Å². The number of hydrogen-bond acceptors (Lipinski definition) is 6. The van der Waals surface area contributed by atoms with Gasteiger partial charge in [-0.15, -0.1) is 0 Å². The third kappa shape index (κ3) is 13.2. The van der Waals surface area contributed by atoms with Crippen molar-refractivity contribution in [1.82, 2.24) is 0 Å². The number of ether oxygens (including phenoxy) is 1. The van der Waals surface area contributed by atoms with E-state index in [0.717, 1.165) is 30.7 Å². The molecule has 0 unspecified atom stereocenters. The molecule has 0 aliphatic rings. The van der Waals surface area contributed by atoms with E-state index in [1.807, 2.05) is 24.3 Å². The quantitative estimate of drug-likeness (QED) is 0.0493. The Morgan fingerprint density at radius 3 is 1.73 bits per heavy atom. The molecule has 0 amide bonds. The maximum absolute atomic E-state index is 13.2. The second kappa shape index (κ2) is 21.7. The maximum Gasteiger partial charge on any atom is 0.335 e. The summed E-state index contributed by atoms with van der Waals surface area (Å²) in [5, 5.41) is 34.0. The number of phenolic OH excluding ortho intramolecular Hbond substituents is 1. The minimum absolute atomic E-state index is 0.0198. The van der Waals surface area contributed by atoms with E-state index in [4.69, 9.17) is 4.74 Å². The number of carbonyl (C=O) groups excluding carboxylic acids is 1.